The predicted octanol–water partition coefficient (Wildman–Crippen LogP) is 6.38. The Hall–Kier alpha value is -4.30. The molecule has 6 aromatic rings. The summed E-state index contributed by atoms with van der Waals surface area (Å²) in [6, 6.07) is 24.5. The van der Waals surface area contributed by atoms with E-state index in [0.717, 1.165) is 15.5 Å². The quantitative estimate of drug-likeness (QED) is 0.250. The third kappa shape index (κ3) is 3.87. The van der Waals surface area contributed by atoms with Gasteiger partial charge in [-0.25, -0.2) is 9.37 Å². The van der Waals surface area contributed by atoms with Gasteiger partial charge in [-0.1, -0.05) is 28.1 Å². The lowest BCUT2D eigenvalue weighted by Gasteiger charge is -2.08. The Morgan fingerprint density at radius 3 is 2.66 bits per heavy atom. The summed E-state index contributed by atoms with van der Waals surface area (Å²) in [6.45, 7) is 0. The lowest BCUT2D eigenvalue weighted by molar-refractivity contribution is 0.616. The molecule has 3 heterocycles. The third-order valence-corrected chi connectivity index (χ3v) is 6.14. The molecule has 0 aliphatic carbocycles. The SMILES string of the molecule is O=c1c2ccccc2nc(-c2cc3cc(Br)ccc3o2)n1N=Cc1cccn1-c1ccc(F)cc1. The lowest BCUT2D eigenvalue weighted by Crippen LogP contribution is -2.20. The van der Waals surface area contributed by atoms with E-state index in [2.05, 4.69) is 21.0 Å². The molecule has 0 saturated carbocycles. The summed E-state index contributed by atoms with van der Waals surface area (Å²) in [5.74, 6) is 0.400. The minimum atomic E-state index is -0.316. The summed E-state index contributed by atoms with van der Waals surface area (Å²) in [5.41, 5.74) is 2.38. The van der Waals surface area contributed by atoms with Gasteiger partial charge in [-0.15, -0.1) is 0 Å². The van der Waals surface area contributed by atoms with Crippen molar-refractivity contribution in [3.8, 4) is 17.3 Å². The number of aromatic nitrogens is 3. The van der Waals surface area contributed by atoms with Crippen LogP contribution in [0.15, 0.2) is 110 Å². The topological polar surface area (TPSA) is 65.3 Å². The summed E-state index contributed by atoms with van der Waals surface area (Å²) in [5, 5.41) is 5.84. The fourth-order valence-electron chi connectivity index (χ4n) is 3.97. The van der Waals surface area contributed by atoms with Crippen molar-refractivity contribution < 1.29 is 8.81 Å². The number of hydrogen-bond acceptors (Lipinski definition) is 4. The van der Waals surface area contributed by atoms with Crippen LogP contribution in [0.25, 0.3) is 39.1 Å². The molecule has 0 spiro atoms. The van der Waals surface area contributed by atoms with Crippen LogP contribution in [0.3, 0.4) is 0 Å². The minimum Gasteiger partial charge on any atom is -0.453 e. The number of hydrogen-bond donors (Lipinski definition) is 0. The molecule has 0 fully saturated rings. The normalized spacial score (nSPS) is 11.7. The molecule has 0 radical (unpaired) electrons. The molecule has 6 nitrogen and oxygen atoms in total. The van der Waals surface area contributed by atoms with Gasteiger partial charge in [0, 0.05) is 21.7 Å². The molecule has 0 saturated heterocycles. The first-order chi connectivity index (χ1) is 17.1. The van der Waals surface area contributed by atoms with Crippen LogP contribution < -0.4 is 5.56 Å². The first kappa shape index (κ1) is 21.2. The number of nitrogens with zero attached hydrogens (tertiary/aromatic N) is 4. The second-order valence-electron chi connectivity index (χ2n) is 7.89. The highest BCUT2D eigenvalue weighted by atomic mass is 79.9. The molecule has 0 bridgehead atoms. The first-order valence-corrected chi connectivity index (χ1v) is 11.5. The van der Waals surface area contributed by atoms with E-state index >= 15 is 0 Å². The zero-order valence-corrected chi connectivity index (χ0v) is 19.7. The predicted molar refractivity (Wildman–Crippen MR) is 138 cm³/mol. The van der Waals surface area contributed by atoms with Gasteiger partial charge in [-0.2, -0.15) is 9.78 Å². The average molecular weight is 527 g/mol. The van der Waals surface area contributed by atoms with E-state index in [1.807, 2.05) is 53.2 Å². The maximum absolute atomic E-state index is 13.5. The van der Waals surface area contributed by atoms with Crippen LogP contribution in [-0.2, 0) is 0 Å². The number of benzene rings is 3. The van der Waals surface area contributed by atoms with Crippen LogP contribution in [0.4, 0.5) is 4.39 Å². The molecule has 0 aliphatic heterocycles. The maximum atomic E-state index is 13.5. The van der Waals surface area contributed by atoms with Crippen molar-refractivity contribution in [2.24, 2.45) is 5.10 Å². The summed E-state index contributed by atoms with van der Waals surface area (Å²) in [4.78, 5) is 18.2. The standard InChI is InChI=1S/C27H16BrFN4O2/c28-18-7-12-24-17(14-18)15-25(35-24)26-31-23-6-2-1-5-22(23)27(34)33(26)30-16-21-4-3-13-32(21)20-10-8-19(29)9-11-20/h1-16H. The Kier molecular flexibility index (Phi) is 5.15. The first-order valence-electron chi connectivity index (χ1n) is 10.8. The van der Waals surface area contributed by atoms with E-state index < -0.39 is 0 Å². The number of fused-ring (bicyclic) bond motifs is 2. The van der Waals surface area contributed by atoms with Gasteiger partial charge in [-0.3, -0.25) is 4.79 Å². The Morgan fingerprint density at radius 2 is 1.80 bits per heavy atom. The Balaban J connectivity index is 1.52. The van der Waals surface area contributed by atoms with Crippen molar-refractivity contribution in [1.29, 1.82) is 0 Å². The van der Waals surface area contributed by atoms with Crippen molar-refractivity contribution in [3.05, 3.63) is 117 Å². The van der Waals surface area contributed by atoms with Crippen LogP contribution in [0, 0.1) is 5.82 Å². The minimum absolute atomic E-state index is 0.289. The number of furan rings is 1. The molecule has 170 valence electrons. The summed E-state index contributed by atoms with van der Waals surface area (Å²) < 4.78 is 23.4. The van der Waals surface area contributed by atoms with E-state index in [4.69, 9.17) is 9.40 Å². The fraction of sp³-hybridized carbons (Fsp3) is 0. The highest BCUT2D eigenvalue weighted by Gasteiger charge is 2.16. The highest BCUT2D eigenvalue weighted by Crippen LogP contribution is 2.29. The van der Waals surface area contributed by atoms with Gasteiger partial charge in [0.05, 0.1) is 22.8 Å². The zero-order valence-electron chi connectivity index (χ0n) is 18.1. The smallest absolute Gasteiger partial charge is 0.282 e. The van der Waals surface area contributed by atoms with Gasteiger partial charge >= 0.3 is 0 Å². The largest absolute Gasteiger partial charge is 0.453 e. The van der Waals surface area contributed by atoms with E-state index in [9.17, 15) is 9.18 Å². The molecule has 35 heavy (non-hydrogen) atoms. The van der Waals surface area contributed by atoms with E-state index in [0.29, 0.717) is 27.9 Å². The summed E-state index contributed by atoms with van der Waals surface area (Å²) in [6.07, 6.45) is 3.41. The number of halogens is 2. The van der Waals surface area contributed by atoms with Crippen LogP contribution in [0.1, 0.15) is 5.69 Å². The zero-order chi connectivity index (χ0) is 23.9. The van der Waals surface area contributed by atoms with Gasteiger partial charge in [0.2, 0.25) is 5.82 Å². The number of rotatable bonds is 4. The third-order valence-electron chi connectivity index (χ3n) is 5.64. The Bertz CT molecular complexity index is 1800. The van der Waals surface area contributed by atoms with Crippen LogP contribution in [0.2, 0.25) is 0 Å². The van der Waals surface area contributed by atoms with Crippen molar-refractivity contribution >= 4 is 44.0 Å². The molecule has 0 N–H and O–H groups in total. The monoisotopic (exact) mass is 526 g/mol. The van der Waals surface area contributed by atoms with Crippen LogP contribution >= 0.6 is 15.9 Å². The second-order valence-corrected chi connectivity index (χ2v) is 8.80. The van der Waals surface area contributed by atoms with Gasteiger partial charge < -0.3 is 8.98 Å². The van der Waals surface area contributed by atoms with E-state index in [1.54, 1.807) is 36.5 Å². The average Bonchev–Trinajstić information content (AvgIpc) is 3.50. The number of para-hydroxylation sites is 1. The van der Waals surface area contributed by atoms with E-state index in [1.165, 1.54) is 16.8 Å². The van der Waals surface area contributed by atoms with E-state index in [-0.39, 0.29) is 17.2 Å². The van der Waals surface area contributed by atoms with Crippen LogP contribution in [-0.4, -0.2) is 20.4 Å². The molecule has 8 heteroatoms. The van der Waals surface area contributed by atoms with Crippen molar-refractivity contribution in [3.63, 3.8) is 0 Å². The Labute approximate surface area is 206 Å². The molecular formula is C27H16BrFN4O2. The van der Waals surface area contributed by atoms with Gasteiger partial charge in [-0.05, 0) is 72.8 Å². The lowest BCUT2D eigenvalue weighted by atomic mass is 10.2. The molecule has 0 aliphatic rings. The van der Waals surface area contributed by atoms with Gasteiger partial charge in [0.15, 0.2) is 5.76 Å². The molecule has 0 unspecified atom stereocenters. The molecule has 6 rings (SSSR count). The maximum Gasteiger partial charge on any atom is 0.282 e. The van der Waals surface area contributed by atoms with Crippen molar-refractivity contribution in [1.82, 2.24) is 14.2 Å². The molecule has 0 amide bonds. The van der Waals surface area contributed by atoms with Gasteiger partial charge in [0.1, 0.15) is 11.4 Å². The fourth-order valence-corrected chi connectivity index (χ4v) is 4.35. The van der Waals surface area contributed by atoms with Crippen molar-refractivity contribution in [2.45, 2.75) is 0 Å². The van der Waals surface area contributed by atoms with Crippen LogP contribution in [0.5, 0.6) is 0 Å². The molecule has 0 atom stereocenters. The van der Waals surface area contributed by atoms with Crippen molar-refractivity contribution in [2.75, 3.05) is 0 Å². The Morgan fingerprint density at radius 1 is 0.971 bits per heavy atom. The second kappa shape index (κ2) is 8.48. The molecule has 3 aromatic heterocycles. The molecular weight excluding hydrogens is 511 g/mol. The molecule has 3 aromatic carbocycles. The summed E-state index contributed by atoms with van der Waals surface area (Å²) in [7, 11) is 0. The highest BCUT2D eigenvalue weighted by molar-refractivity contribution is 9.10. The summed E-state index contributed by atoms with van der Waals surface area (Å²) >= 11 is 3.47. The van der Waals surface area contributed by atoms with Gasteiger partial charge in [0.25, 0.3) is 5.56 Å².